The molecule has 0 amide bonds. The summed E-state index contributed by atoms with van der Waals surface area (Å²) in [4.78, 5) is 0. The molecule has 0 bridgehead atoms. The second kappa shape index (κ2) is 3.21. The lowest BCUT2D eigenvalue weighted by molar-refractivity contribution is -0.139. The first-order valence-electron chi connectivity index (χ1n) is 3.22. The largest absolute Gasteiger partial charge is 0.419 e. The molecule has 0 aliphatic carbocycles. The summed E-state index contributed by atoms with van der Waals surface area (Å²) in [5.41, 5.74) is -0.680. The molecule has 0 unspecified atom stereocenters. The van der Waals surface area contributed by atoms with Crippen molar-refractivity contribution in [3.8, 4) is 0 Å². The van der Waals surface area contributed by atoms with E-state index < -0.39 is 23.2 Å². The Morgan fingerprint density at radius 2 is 1.85 bits per heavy atom. The Balaban J connectivity index is 3.24. The minimum Gasteiger partial charge on any atom is -0.291 e. The van der Waals surface area contributed by atoms with Crippen LogP contribution in [0.4, 0.5) is 23.2 Å². The summed E-state index contributed by atoms with van der Waals surface area (Å²) in [5, 5.41) is 8.25. The number of alkyl halides is 3. The quantitative estimate of drug-likeness (QED) is 0.533. The van der Waals surface area contributed by atoms with Crippen molar-refractivity contribution in [3.05, 3.63) is 29.6 Å². The minimum atomic E-state index is -4.75. The van der Waals surface area contributed by atoms with Crippen LogP contribution >= 0.6 is 0 Å². The summed E-state index contributed by atoms with van der Waals surface area (Å²) < 4.78 is 48.9. The summed E-state index contributed by atoms with van der Waals surface area (Å²) in [5.74, 6) is -1.52. The first kappa shape index (κ1) is 9.79. The zero-order valence-electron chi connectivity index (χ0n) is 6.19. The summed E-state index contributed by atoms with van der Waals surface area (Å²) in [6.45, 7) is 0. The van der Waals surface area contributed by atoms with E-state index in [1.165, 1.54) is 5.48 Å². The fourth-order valence-corrected chi connectivity index (χ4v) is 0.837. The molecule has 6 heteroatoms. The van der Waals surface area contributed by atoms with Crippen LogP contribution in [0.1, 0.15) is 5.56 Å². The molecule has 0 radical (unpaired) electrons. The molecule has 1 rings (SSSR count). The van der Waals surface area contributed by atoms with Crippen LogP contribution in [0.3, 0.4) is 0 Å². The molecule has 0 aliphatic heterocycles. The predicted octanol–water partition coefficient (Wildman–Crippen LogP) is 2.65. The minimum absolute atomic E-state index is 0.593. The zero-order valence-corrected chi connectivity index (χ0v) is 6.19. The van der Waals surface area contributed by atoms with E-state index in [9.17, 15) is 17.6 Å². The second-order valence-electron chi connectivity index (χ2n) is 2.28. The smallest absolute Gasteiger partial charge is 0.291 e. The number of hydrogen-bond donors (Lipinski definition) is 2. The van der Waals surface area contributed by atoms with Crippen molar-refractivity contribution in [3.63, 3.8) is 0 Å². The highest BCUT2D eigenvalue weighted by atomic mass is 19.4. The summed E-state index contributed by atoms with van der Waals surface area (Å²) in [7, 11) is 0. The highest BCUT2D eigenvalue weighted by Crippen LogP contribution is 2.33. The molecule has 0 saturated carbocycles. The molecule has 0 spiro atoms. The van der Waals surface area contributed by atoms with Gasteiger partial charge in [0.1, 0.15) is 0 Å². The third kappa shape index (κ3) is 1.89. The monoisotopic (exact) mass is 195 g/mol. The normalized spacial score (nSPS) is 11.5. The number of nitrogens with one attached hydrogen (secondary N) is 1. The molecule has 0 heterocycles. The maximum absolute atomic E-state index is 12.8. The van der Waals surface area contributed by atoms with Gasteiger partial charge in [-0.1, -0.05) is 6.07 Å². The zero-order chi connectivity index (χ0) is 10.1. The maximum Gasteiger partial charge on any atom is 0.419 e. The van der Waals surface area contributed by atoms with E-state index in [4.69, 9.17) is 5.21 Å². The third-order valence-corrected chi connectivity index (χ3v) is 1.42. The predicted molar refractivity (Wildman–Crippen MR) is 36.8 cm³/mol. The number of rotatable bonds is 1. The third-order valence-electron chi connectivity index (χ3n) is 1.42. The molecule has 0 saturated heterocycles. The van der Waals surface area contributed by atoms with Crippen LogP contribution in [0.2, 0.25) is 0 Å². The number of halogens is 4. The fraction of sp³-hybridized carbons (Fsp3) is 0.143. The van der Waals surface area contributed by atoms with E-state index in [-0.39, 0.29) is 0 Å². The molecule has 2 N–H and O–H groups in total. The van der Waals surface area contributed by atoms with Gasteiger partial charge in [-0.15, -0.1) is 0 Å². The molecular formula is C7H5F4NO. The fourth-order valence-electron chi connectivity index (χ4n) is 0.837. The van der Waals surface area contributed by atoms with Crippen LogP contribution < -0.4 is 5.48 Å². The van der Waals surface area contributed by atoms with E-state index in [2.05, 4.69) is 0 Å². The highest BCUT2D eigenvalue weighted by Gasteiger charge is 2.34. The average molecular weight is 195 g/mol. The van der Waals surface area contributed by atoms with Crippen molar-refractivity contribution in [2.24, 2.45) is 0 Å². The van der Waals surface area contributed by atoms with Gasteiger partial charge in [0.2, 0.25) is 0 Å². The van der Waals surface area contributed by atoms with Crippen LogP contribution in [0, 0.1) is 5.82 Å². The Hall–Kier alpha value is -1.30. The molecular weight excluding hydrogens is 190 g/mol. The van der Waals surface area contributed by atoms with Gasteiger partial charge in [-0.3, -0.25) is 10.7 Å². The van der Waals surface area contributed by atoms with Crippen LogP contribution in [-0.4, -0.2) is 5.21 Å². The van der Waals surface area contributed by atoms with Crippen LogP contribution in [0.5, 0.6) is 0 Å². The van der Waals surface area contributed by atoms with Crippen molar-refractivity contribution in [1.82, 2.24) is 0 Å². The number of benzene rings is 1. The van der Waals surface area contributed by atoms with E-state index in [1.807, 2.05) is 0 Å². The first-order chi connectivity index (χ1) is 5.96. The van der Waals surface area contributed by atoms with Gasteiger partial charge >= 0.3 is 6.18 Å². The average Bonchev–Trinajstić information content (AvgIpc) is 2.02. The van der Waals surface area contributed by atoms with Gasteiger partial charge < -0.3 is 0 Å². The summed E-state index contributed by atoms with van der Waals surface area (Å²) >= 11 is 0. The van der Waals surface area contributed by atoms with Crippen LogP contribution in [-0.2, 0) is 6.18 Å². The van der Waals surface area contributed by atoms with Crippen molar-refractivity contribution >= 4 is 5.69 Å². The van der Waals surface area contributed by atoms with Gasteiger partial charge in [-0.25, -0.2) is 4.39 Å². The van der Waals surface area contributed by atoms with Gasteiger partial charge in [-0.05, 0) is 12.1 Å². The Morgan fingerprint density at radius 3 is 2.31 bits per heavy atom. The molecule has 72 valence electrons. The highest BCUT2D eigenvalue weighted by molar-refractivity contribution is 5.46. The van der Waals surface area contributed by atoms with Gasteiger partial charge in [0.15, 0.2) is 5.82 Å². The maximum atomic E-state index is 12.8. The van der Waals surface area contributed by atoms with Crippen LogP contribution in [0.25, 0.3) is 0 Å². The van der Waals surface area contributed by atoms with Crippen molar-refractivity contribution in [1.29, 1.82) is 0 Å². The lowest BCUT2D eigenvalue weighted by Gasteiger charge is -2.09. The van der Waals surface area contributed by atoms with Crippen molar-refractivity contribution in [2.45, 2.75) is 6.18 Å². The van der Waals surface area contributed by atoms with Gasteiger partial charge in [0.05, 0.1) is 11.3 Å². The lowest BCUT2D eigenvalue weighted by atomic mass is 10.2. The molecule has 2 nitrogen and oxygen atoms in total. The molecule has 0 aliphatic rings. The molecule has 13 heavy (non-hydrogen) atoms. The molecule has 0 aromatic heterocycles. The molecule has 1 aromatic carbocycles. The van der Waals surface area contributed by atoms with Crippen molar-refractivity contribution in [2.75, 3.05) is 5.48 Å². The SMILES string of the molecule is ONc1cccc(C(F)(F)F)c1F. The molecule has 1 aromatic rings. The topological polar surface area (TPSA) is 32.3 Å². The van der Waals surface area contributed by atoms with Gasteiger partial charge in [0.25, 0.3) is 0 Å². The van der Waals surface area contributed by atoms with Crippen LogP contribution in [0.15, 0.2) is 18.2 Å². The van der Waals surface area contributed by atoms with E-state index in [0.717, 1.165) is 12.1 Å². The Kier molecular flexibility index (Phi) is 2.42. The lowest BCUT2D eigenvalue weighted by Crippen LogP contribution is -2.09. The number of anilines is 1. The van der Waals surface area contributed by atoms with E-state index in [0.29, 0.717) is 6.07 Å². The van der Waals surface area contributed by atoms with Gasteiger partial charge in [-0.2, -0.15) is 13.2 Å². The molecule has 0 fully saturated rings. The second-order valence-corrected chi connectivity index (χ2v) is 2.28. The molecule has 0 atom stereocenters. The van der Waals surface area contributed by atoms with E-state index >= 15 is 0 Å². The Morgan fingerprint density at radius 1 is 1.23 bits per heavy atom. The first-order valence-corrected chi connectivity index (χ1v) is 3.22. The summed E-state index contributed by atoms with van der Waals surface area (Å²) in [6.07, 6.45) is -4.75. The van der Waals surface area contributed by atoms with E-state index in [1.54, 1.807) is 0 Å². The van der Waals surface area contributed by atoms with Crippen molar-refractivity contribution < 1.29 is 22.8 Å². The Labute approximate surface area is 70.8 Å². The van der Waals surface area contributed by atoms with Gasteiger partial charge in [0, 0.05) is 0 Å². The summed E-state index contributed by atoms with van der Waals surface area (Å²) in [6, 6.07) is 2.57. The standard InChI is InChI=1S/C7H5F4NO/c8-6-4(7(9,10)11)2-1-3-5(6)12-13/h1-3,12-13H. The Bertz CT molecular complexity index is 310. The number of hydrogen-bond acceptors (Lipinski definition) is 2.